The zero-order valence-electron chi connectivity index (χ0n) is 12.3. The van der Waals surface area contributed by atoms with Gasteiger partial charge in [-0.05, 0) is 23.9 Å². The van der Waals surface area contributed by atoms with Gasteiger partial charge in [0.25, 0.3) is 22.8 Å². The lowest BCUT2D eigenvalue weighted by molar-refractivity contribution is -0.634. The van der Waals surface area contributed by atoms with E-state index < -0.39 is 0 Å². The van der Waals surface area contributed by atoms with E-state index in [1.165, 1.54) is 16.5 Å². The molecule has 0 bridgehead atoms. The fourth-order valence-electron chi connectivity index (χ4n) is 3.33. The monoisotopic (exact) mass is 289 g/mol. The standard InChI is InChI=1S/C18H13N2O2/c1-10-6-7-11-4-3-5-13-15(11)14(10)16-18(22-13)19-17-12(20(16)2)8-9-21-17/h3-9H,1-2H3/q+1. The molecule has 0 N–H and O–H groups in total. The summed E-state index contributed by atoms with van der Waals surface area (Å²) in [5.74, 6) is 1.45. The van der Waals surface area contributed by atoms with Crippen molar-refractivity contribution in [3.63, 3.8) is 0 Å². The summed E-state index contributed by atoms with van der Waals surface area (Å²) in [7, 11) is 2.02. The maximum Gasteiger partial charge on any atom is 0.297 e. The Kier molecular flexibility index (Phi) is 2.06. The van der Waals surface area contributed by atoms with Gasteiger partial charge in [-0.2, -0.15) is 9.55 Å². The first-order valence-corrected chi connectivity index (χ1v) is 7.22. The molecule has 0 saturated carbocycles. The van der Waals surface area contributed by atoms with E-state index in [-0.39, 0.29) is 0 Å². The highest BCUT2D eigenvalue weighted by molar-refractivity contribution is 6.03. The second kappa shape index (κ2) is 3.85. The molecule has 0 atom stereocenters. The van der Waals surface area contributed by atoms with Crippen LogP contribution in [0.15, 0.2) is 47.1 Å². The lowest BCUT2D eigenvalue weighted by Crippen LogP contribution is -2.33. The summed E-state index contributed by atoms with van der Waals surface area (Å²) in [6.07, 6.45) is 1.66. The van der Waals surface area contributed by atoms with E-state index in [0.29, 0.717) is 11.6 Å². The van der Waals surface area contributed by atoms with Crippen molar-refractivity contribution in [1.29, 1.82) is 0 Å². The van der Waals surface area contributed by atoms with E-state index in [2.05, 4.69) is 34.7 Å². The summed E-state index contributed by atoms with van der Waals surface area (Å²) in [4.78, 5) is 4.55. The lowest BCUT2D eigenvalue weighted by atomic mass is 9.95. The summed E-state index contributed by atoms with van der Waals surface area (Å²) < 4.78 is 13.6. The molecule has 1 aliphatic rings. The van der Waals surface area contributed by atoms with Crippen molar-refractivity contribution in [2.75, 3.05) is 0 Å². The van der Waals surface area contributed by atoms with Gasteiger partial charge in [-0.15, -0.1) is 0 Å². The maximum absolute atomic E-state index is 6.07. The number of rotatable bonds is 0. The molecule has 4 aromatic rings. The van der Waals surface area contributed by atoms with Gasteiger partial charge in [0.15, 0.2) is 0 Å². The molecule has 1 aliphatic heterocycles. The Balaban J connectivity index is 2.04. The highest BCUT2D eigenvalue weighted by atomic mass is 16.5. The molecule has 2 aromatic heterocycles. The van der Waals surface area contributed by atoms with Gasteiger partial charge < -0.3 is 9.15 Å². The number of ether oxygens (including phenoxy) is 1. The van der Waals surface area contributed by atoms with Crippen molar-refractivity contribution < 1.29 is 13.7 Å². The molecule has 0 spiro atoms. The number of hydrogen-bond donors (Lipinski definition) is 0. The van der Waals surface area contributed by atoms with Crippen molar-refractivity contribution >= 4 is 22.0 Å². The van der Waals surface area contributed by atoms with Crippen LogP contribution in [0.1, 0.15) is 5.56 Å². The van der Waals surface area contributed by atoms with Crippen LogP contribution in [0.4, 0.5) is 0 Å². The molecular weight excluding hydrogens is 276 g/mol. The maximum atomic E-state index is 6.07. The first-order valence-electron chi connectivity index (χ1n) is 7.22. The SMILES string of the molecule is Cc1ccc2cccc3c2c1-c1c(nc2occc2[n+]1C)O3. The van der Waals surface area contributed by atoms with Gasteiger partial charge in [-0.1, -0.05) is 24.3 Å². The molecular formula is C18H13N2O2+. The Hall–Kier alpha value is -2.88. The molecule has 0 aliphatic carbocycles. The first-order chi connectivity index (χ1) is 10.7. The minimum atomic E-state index is 0.588. The topological polar surface area (TPSA) is 39.1 Å². The number of aromatic nitrogens is 2. The zero-order valence-corrected chi connectivity index (χ0v) is 12.3. The highest BCUT2D eigenvalue weighted by Gasteiger charge is 2.32. The second-order valence-corrected chi connectivity index (χ2v) is 5.65. The summed E-state index contributed by atoms with van der Waals surface area (Å²) in [5.41, 5.74) is 4.94. The minimum Gasteiger partial charge on any atom is -0.441 e. The van der Waals surface area contributed by atoms with Crippen molar-refractivity contribution in [3.8, 4) is 22.9 Å². The van der Waals surface area contributed by atoms with Crippen molar-refractivity contribution in [2.24, 2.45) is 7.05 Å². The van der Waals surface area contributed by atoms with Gasteiger partial charge in [0, 0.05) is 5.39 Å². The Bertz CT molecular complexity index is 1080. The van der Waals surface area contributed by atoms with Crippen molar-refractivity contribution in [3.05, 3.63) is 48.2 Å². The summed E-state index contributed by atoms with van der Waals surface area (Å²) in [5, 5.41) is 2.33. The summed E-state index contributed by atoms with van der Waals surface area (Å²) >= 11 is 0. The van der Waals surface area contributed by atoms with Crippen molar-refractivity contribution in [1.82, 2.24) is 4.98 Å². The molecule has 0 amide bonds. The van der Waals surface area contributed by atoms with Gasteiger partial charge in [-0.25, -0.2) is 0 Å². The number of aryl methyl sites for hydroxylation is 2. The summed E-state index contributed by atoms with van der Waals surface area (Å²) in [6.45, 7) is 2.13. The van der Waals surface area contributed by atoms with Crippen LogP contribution in [0.5, 0.6) is 11.6 Å². The molecule has 0 radical (unpaired) electrons. The summed E-state index contributed by atoms with van der Waals surface area (Å²) in [6, 6.07) is 12.3. The molecule has 22 heavy (non-hydrogen) atoms. The van der Waals surface area contributed by atoms with Crippen LogP contribution in [-0.2, 0) is 7.05 Å². The van der Waals surface area contributed by atoms with E-state index in [1.54, 1.807) is 6.26 Å². The largest absolute Gasteiger partial charge is 0.441 e. The molecule has 5 rings (SSSR count). The number of furan rings is 1. The lowest BCUT2D eigenvalue weighted by Gasteiger charge is -2.19. The Labute approximate surface area is 126 Å². The van der Waals surface area contributed by atoms with Gasteiger partial charge >= 0.3 is 0 Å². The number of nitrogens with zero attached hydrogens (tertiary/aromatic N) is 2. The van der Waals surface area contributed by atoms with Crippen LogP contribution in [0.2, 0.25) is 0 Å². The Morgan fingerprint density at radius 3 is 2.91 bits per heavy atom. The van der Waals surface area contributed by atoms with E-state index in [4.69, 9.17) is 9.15 Å². The average molecular weight is 289 g/mol. The van der Waals surface area contributed by atoms with Crippen LogP contribution in [0.3, 0.4) is 0 Å². The quantitative estimate of drug-likeness (QED) is 0.406. The Morgan fingerprint density at radius 2 is 2.00 bits per heavy atom. The fourth-order valence-corrected chi connectivity index (χ4v) is 3.33. The van der Waals surface area contributed by atoms with E-state index in [9.17, 15) is 0 Å². The number of benzene rings is 2. The smallest absolute Gasteiger partial charge is 0.297 e. The zero-order chi connectivity index (χ0) is 14.8. The van der Waals surface area contributed by atoms with Crippen molar-refractivity contribution in [2.45, 2.75) is 6.92 Å². The van der Waals surface area contributed by atoms with E-state index >= 15 is 0 Å². The van der Waals surface area contributed by atoms with Crippen LogP contribution in [0.25, 0.3) is 33.3 Å². The van der Waals surface area contributed by atoms with Gasteiger partial charge in [-0.3, -0.25) is 0 Å². The highest BCUT2D eigenvalue weighted by Crippen LogP contribution is 2.45. The second-order valence-electron chi connectivity index (χ2n) is 5.65. The predicted molar refractivity (Wildman–Crippen MR) is 82.9 cm³/mol. The number of fused-ring (bicyclic) bond motifs is 3. The molecule has 0 unspecified atom stereocenters. The third-order valence-electron chi connectivity index (χ3n) is 4.39. The van der Waals surface area contributed by atoms with Gasteiger partial charge in [0.1, 0.15) is 19.1 Å². The normalized spacial score (nSPS) is 12.5. The third-order valence-corrected chi connectivity index (χ3v) is 4.39. The number of hydrogen-bond acceptors (Lipinski definition) is 3. The van der Waals surface area contributed by atoms with Gasteiger partial charge in [0.2, 0.25) is 0 Å². The molecule has 2 aromatic carbocycles. The predicted octanol–water partition coefficient (Wildman–Crippen LogP) is 3.89. The molecule has 4 heteroatoms. The molecule has 106 valence electrons. The molecule has 0 saturated heterocycles. The molecule has 0 fully saturated rings. The third kappa shape index (κ3) is 1.32. The minimum absolute atomic E-state index is 0.588. The first kappa shape index (κ1) is 11.7. The fraction of sp³-hybridized carbons (Fsp3) is 0.111. The average Bonchev–Trinajstić information content (AvgIpc) is 2.99. The van der Waals surface area contributed by atoms with Crippen LogP contribution in [0, 0.1) is 6.92 Å². The Morgan fingerprint density at radius 1 is 1.09 bits per heavy atom. The molecule has 4 nitrogen and oxygen atoms in total. The molecule has 3 heterocycles. The van der Waals surface area contributed by atoms with E-state index in [0.717, 1.165) is 22.3 Å². The van der Waals surface area contributed by atoms with Crippen LogP contribution < -0.4 is 9.30 Å². The van der Waals surface area contributed by atoms with Gasteiger partial charge in [0.05, 0.1) is 11.6 Å². The van der Waals surface area contributed by atoms with Crippen LogP contribution >= 0.6 is 0 Å². The van der Waals surface area contributed by atoms with Crippen LogP contribution in [-0.4, -0.2) is 4.98 Å². The van der Waals surface area contributed by atoms with E-state index in [1.807, 2.05) is 25.2 Å².